The number of rotatable bonds is 2. The Morgan fingerprint density at radius 3 is 2.85 bits per heavy atom. The lowest BCUT2D eigenvalue weighted by Gasteiger charge is -2.28. The topological polar surface area (TPSA) is 97.1 Å². The van der Waals surface area contributed by atoms with Crippen LogP contribution in [0.2, 0.25) is 0 Å². The molecule has 2 aromatic carbocycles. The van der Waals surface area contributed by atoms with Gasteiger partial charge in [0.2, 0.25) is 0 Å². The van der Waals surface area contributed by atoms with Gasteiger partial charge in [0.25, 0.3) is 0 Å². The highest BCUT2D eigenvalue weighted by Gasteiger charge is 2.47. The van der Waals surface area contributed by atoms with Crippen LogP contribution in [-0.2, 0) is 4.74 Å². The average Bonchev–Trinajstić information content (AvgIpc) is 3.60. The molecule has 170 valence electrons. The Kier molecular flexibility index (Phi) is 4.34. The van der Waals surface area contributed by atoms with Crippen LogP contribution in [0, 0.1) is 29.8 Å². The van der Waals surface area contributed by atoms with Gasteiger partial charge in [0, 0.05) is 29.4 Å². The van der Waals surface area contributed by atoms with Crippen LogP contribution in [0.4, 0.5) is 24.7 Å². The van der Waals surface area contributed by atoms with E-state index < -0.39 is 23.1 Å². The molecule has 2 aliphatic rings. The number of nitrogens with one attached hydrogen (secondary N) is 1. The normalized spacial score (nSPS) is 19.3. The minimum Gasteiger partial charge on any atom is -0.399 e. The number of hydrogen-bond acceptors (Lipinski definition) is 6. The molecule has 0 spiro atoms. The summed E-state index contributed by atoms with van der Waals surface area (Å²) in [6, 6.07) is 3.81. The lowest BCUT2D eigenvalue weighted by molar-refractivity contribution is 0.103. The van der Waals surface area contributed by atoms with Gasteiger partial charge >= 0.3 is 5.69 Å². The molecule has 0 amide bonds. The van der Waals surface area contributed by atoms with E-state index in [4.69, 9.17) is 16.9 Å². The summed E-state index contributed by atoms with van der Waals surface area (Å²) in [5.74, 6) is -0.771. The molecular formula is C24H16F3N5O2. The third-order valence-corrected chi connectivity index (χ3v) is 6.29. The van der Waals surface area contributed by atoms with Crippen molar-refractivity contribution in [1.29, 1.82) is 0 Å². The Bertz CT molecular complexity index is 1630. The molecule has 10 heteroatoms. The molecule has 34 heavy (non-hydrogen) atoms. The quantitative estimate of drug-likeness (QED) is 0.350. The van der Waals surface area contributed by atoms with Gasteiger partial charge in [0.05, 0.1) is 35.2 Å². The molecule has 3 N–H and O–H groups in total. The van der Waals surface area contributed by atoms with E-state index in [1.165, 1.54) is 18.3 Å². The number of halogens is 3. The van der Waals surface area contributed by atoms with Crippen molar-refractivity contribution in [3.8, 4) is 23.6 Å². The fourth-order valence-corrected chi connectivity index (χ4v) is 4.71. The van der Waals surface area contributed by atoms with E-state index in [0.29, 0.717) is 24.4 Å². The number of nitrogen functional groups attached to an aromatic ring is 1. The molecule has 1 saturated carbocycles. The number of aromatic amines is 1. The molecule has 4 aromatic rings. The van der Waals surface area contributed by atoms with Crippen molar-refractivity contribution in [2.24, 2.45) is 0 Å². The van der Waals surface area contributed by atoms with Crippen LogP contribution >= 0.6 is 0 Å². The Morgan fingerprint density at radius 2 is 2.06 bits per heavy atom. The first-order valence-electron chi connectivity index (χ1n) is 10.5. The second-order valence-corrected chi connectivity index (χ2v) is 8.34. The Balaban J connectivity index is 1.63. The van der Waals surface area contributed by atoms with E-state index in [9.17, 15) is 13.6 Å². The highest BCUT2D eigenvalue weighted by Crippen LogP contribution is 2.40. The van der Waals surface area contributed by atoms with Crippen LogP contribution in [0.15, 0.2) is 29.2 Å². The van der Waals surface area contributed by atoms with E-state index in [1.54, 1.807) is 0 Å². The molecule has 2 aromatic heterocycles. The van der Waals surface area contributed by atoms with Gasteiger partial charge in [0.1, 0.15) is 11.5 Å². The van der Waals surface area contributed by atoms with Gasteiger partial charge in [-0.05, 0) is 30.0 Å². The Morgan fingerprint density at radius 1 is 1.24 bits per heavy atom. The zero-order chi connectivity index (χ0) is 23.7. The molecule has 0 radical (unpaired) electrons. The smallest absolute Gasteiger partial charge is 0.347 e. The highest BCUT2D eigenvalue weighted by molar-refractivity contribution is 6.03. The van der Waals surface area contributed by atoms with Crippen molar-refractivity contribution < 1.29 is 17.9 Å². The van der Waals surface area contributed by atoms with Crippen molar-refractivity contribution in [2.75, 3.05) is 23.8 Å². The van der Waals surface area contributed by atoms with Gasteiger partial charge in [-0.15, -0.1) is 6.42 Å². The maximum absolute atomic E-state index is 15.9. The summed E-state index contributed by atoms with van der Waals surface area (Å²) in [5.41, 5.74) is 4.80. The molecule has 2 fully saturated rings. The summed E-state index contributed by atoms with van der Waals surface area (Å²) >= 11 is 0. The molecule has 1 saturated heterocycles. The molecule has 0 bridgehead atoms. The molecule has 1 aliphatic carbocycles. The lowest BCUT2D eigenvalue weighted by Crippen LogP contribution is -2.38. The number of pyridine rings is 1. The van der Waals surface area contributed by atoms with Gasteiger partial charge in [-0.2, -0.15) is 4.98 Å². The van der Waals surface area contributed by atoms with Crippen LogP contribution in [0.5, 0.6) is 0 Å². The fraction of sp³-hybridized carbons (Fsp3) is 0.208. The number of benzene rings is 2. The van der Waals surface area contributed by atoms with Crippen LogP contribution in [-0.4, -0.2) is 40.2 Å². The number of ether oxygens (including phenoxy) is 1. The molecule has 3 heterocycles. The summed E-state index contributed by atoms with van der Waals surface area (Å²) in [5, 5.41) is 0.600. The number of anilines is 2. The van der Waals surface area contributed by atoms with E-state index in [0.717, 1.165) is 12.5 Å². The molecule has 1 aliphatic heterocycles. The van der Waals surface area contributed by atoms with Crippen molar-refractivity contribution >= 4 is 33.2 Å². The molecular weight excluding hydrogens is 447 g/mol. The monoisotopic (exact) mass is 463 g/mol. The number of nitrogens with two attached hydrogens (primary N) is 1. The number of terminal acetylenes is 1. The largest absolute Gasteiger partial charge is 0.399 e. The number of hydrogen-bond donors (Lipinski definition) is 2. The first-order valence-corrected chi connectivity index (χ1v) is 10.5. The van der Waals surface area contributed by atoms with E-state index in [1.807, 2.05) is 4.90 Å². The summed E-state index contributed by atoms with van der Waals surface area (Å²) < 4.78 is 50.1. The standard InChI is InChI=1S/C24H16F3N5O2/c1-2-12-18-10(6-15(25)19(12)26)5-11(28)7-13(18)21-20(27)22-14(9-29-21)23(31-24(33)30-22)32-3-4-34-17-8-16(17)32/h1,5-7,9,16-17H,3-4,8,28H2,(H,30,31,33)/t16-,17?/m0/s1. The van der Waals surface area contributed by atoms with Crippen molar-refractivity contribution in [3.63, 3.8) is 0 Å². The number of H-pyrrole nitrogens is 1. The predicted octanol–water partition coefficient (Wildman–Crippen LogP) is 3.10. The minimum absolute atomic E-state index is 0.0677. The first kappa shape index (κ1) is 20.5. The lowest BCUT2D eigenvalue weighted by atomic mass is 9.95. The number of aromatic nitrogens is 3. The number of nitrogens with zero attached hydrogens (tertiary/aromatic N) is 3. The highest BCUT2D eigenvalue weighted by atomic mass is 19.2. The van der Waals surface area contributed by atoms with Crippen LogP contribution in [0.25, 0.3) is 32.9 Å². The van der Waals surface area contributed by atoms with E-state index in [2.05, 4.69) is 20.9 Å². The Labute approximate surface area is 190 Å². The van der Waals surface area contributed by atoms with Crippen LogP contribution < -0.4 is 16.3 Å². The van der Waals surface area contributed by atoms with Gasteiger partial charge < -0.3 is 20.4 Å². The van der Waals surface area contributed by atoms with Crippen molar-refractivity contribution in [2.45, 2.75) is 18.6 Å². The number of fused-ring (bicyclic) bond motifs is 3. The summed E-state index contributed by atoms with van der Waals surface area (Å²) in [4.78, 5) is 25.1. The maximum Gasteiger partial charge on any atom is 0.347 e. The minimum atomic E-state index is -1.23. The third kappa shape index (κ3) is 2.94. The van der Waals surface area contributed by atoms with Gasteiger partial charge in [-0.1, -0.05) is 5.92 Å². The molecule has 6 rings (SSSR count). The summed E-state index contributed by atoms with van der Waals surface area (Å²) in [6.07, 6.45) is 7.73. The predicted molar refractivity (Wildman–Crippen MR) is 121 cm³/mol. The second kappa shape index (κ2) is 7.20. The Hall–Kier alpha value is -4.10. The van der Waals surface area contributed by atoms with Crippen molar-refractivity contribution in [3.05, 3.63) is 57.9 Å². The molecule has 7 nitrogen and oxygen atoms in total. The van der Waals surface area contributed by atoms with Crippen LogP contribution in [0.3, 0.4) is 0 Å². The number of morpholine rings is 1. The zero-order valence-electron chi connectivity index (χ0n) is 17.5. The van der Waals surface area contributed by atoms with Gasteiger partial charge in [0.15, 0.2) is 17.5 Å². The molecule has 2 atom stereocenters. The maximum atomic E-state index is 15.9. The van der Waals surface area contributed by atoms with Gasteiger partial charge in [-0.25, -0.2) is 18.0 Å². The summed E-state index contributed by atoms with van der Waals surface area (Å²) in [7, 11) is 0. The van der Waals surface area contributed by atoms with Crippen molar-refractivity contribution in [1.82, 2.24) is 15.0 Å². The summed E-state index contributed by atoms with van der Waals surface area (Å²) in [6.45, 7) is 0.976. The fourth-order valence-electron chi connectivity index (χ4n) is 4.71. The van der Waals surface area contributed by atoms with Gasteiger partial charge in [-0.3, -0.25) is 4.98 Å². The SMILES string of the molecule is C#Cc1c(F)c(F)cc2cc(N)cc(-c3ncc4c(N5CCOC6C[C@@H]65)nc(=O)[nH]c4c3F)c12. The second-order valence-electron chi connectivity index (χ2n) is 8.34. The zero-order valence-corrected chi connectivity index (χ0v) is 17.5. The van der Waals surface area contributed by atoms with Crippen LogP contribution in [0.1, 0.15) is 12.0 Å². The first-order chi connectivity index (χ1) is 16.4. The van der Waals surface area contributed by atoms with E-state index >= 15 is 4.39 Å². The third-order valence-electron chi connectivity index (χ3n) is 6.29. The average molecular weight is 463 g/mol. The molecule has 1 unspecified atom stereocenters. The van der Waals surface area contributed by atoms with E-state index in [-0.39, 0.29) is 50.9 Å².